The van der Waals surface area contributed by atoms with Gasteiger partial charge in [-0.15, -0.1) is 12.3 Å². The summed E-state index contributed by atoms with van der Waals surface area (Å²) in [7, 11) is -3.57. The average molecular weight is 255 g/mol. The first-order valence-electron chi connectivity index (χ1n) is 5.40. The van der Waals surface area contributed by atoms with Crippen molar-refractivity contribution in [3.8, 4) is 12.3 Å². The van der Waals surface area contributed by atoms with Gasteiger partial charge in [0, 0.05) is 25.2 Å². The van der Waals surface area contributed by atoms with Crippen LogP contribution in [0, 0.1) is 19.3 Å². The molecule has 1 unspecified atom stereocenters. The van der Waals surface area contributed by atoms with E-state index in [1.807, 2.05) is 6.92 Å². The molecule has 1 atom stereocenters. The fourth-order valence-electron chi connectivity index (χ4n) is 1.47. The van der Waals surface area contributed by atoms with E-state index >= 15 is 0 Å². The molecule has 0 radical (unpaired) electrons. The van der Waals surface area contributed by atoms with E-state index in [-0.39, 0.29) is 11.1 Å². The predicted molar refractivity (Wildman–Crippen MR) is 65.9 cm³/mol. The third-order valence-electron chi connectivity index (χ3n) is 2.35. The quantitative estimate of drug-likeness (QED) is 0.795. The Morgan fingerprint density at radius 1 is 1.65 bits per heavy atom. The minimum Gasteiger partial charge on any atom is -0.334 e. The van der Waals surface area contributed by atoms with Gasteiger partial charge in [-0.25, -0.2) is 18.1 Å². The molecule has 17 heavy (non-hydrogen) atoms. The summed E-state index contributed by atoms with van der Waals surface area (Å²) in [6, 6.07) is -0.294. The van der Waals surface area contributed by atoms with Crippen LogP contribution in [-0.4, -0.2) is 24.0 Å². The number of sulfonamides is 1. The van der Waals surface area contributed by atoms with Gasteiger partial charge in [-0.1, -0.05) is 0 Å². The number of aromatic nitrogens is 2. The van der Waals surface area contributed by atoms with E-state index in [2.05, 4.69) is 15.6 Å². The summed E-state index contributed by atoms with van der Waals surface area (Å²) in [5.41, 5.74) is 0. The van der Waals surface area contributed by atoms with Crippen LogP contribution >= 0.6 is 0 Å². The monoisotopic (exact) mass is 255 g/mol. The van der Waals surface area contributed by atoms with Crippen molar-refractivity contribution in [1.29, 1.82) is 0 Å². The molecular formula is C11H17N3O2S. The van der Waals surface area contributed by atoms with Crippen molar-refractivity contribution in [1.82, 2.24) is 14.3 Å². The number of imidazole rings is 1. The molecule has 1 heterocycles. The summed E-state index contributed by atoms with van der Waals surface area (Å²) in [5, 5.41) is 0.0423. The van der Waals surface area contributed by atoms with Crippen LogP contribution in [0.4, 0.5) is 0 Å². The van der Waals surface area contributed by atoms with Gasteiger partial charge in [-0.3, -0.25) is 0 Å². The van der Waals surface area contributed by atoms with E-state index < -0.39 is 10.0 Å². The van der Waals surface area contributed by atoms with Crippen molar-refractivity contribution >= 4 is 10.0 Å². The van der Waals surface area contributed by atoms with Crippen LogP contribution in [0.5, 0.6) is 0 Å². The molecule has 94 valence electrons. The molecule has 0 fully saturated rings. The van der Waals surface area contributed by atoms with Crippen LogP contribution in [0.25, 0.3) is 0 Å². The number of nitrogens with one attached hydrogen (secondary N) is 1. The smallest absolute Gasteiger partial charge is 0.259 e. The molecule has 5 nitrogen and oxygen atoms in total. The predicted octanol–water partition coefficient (Wildman–Crippen LogP) is 0.902. The summed E-state index contributed by atoms with van der Waals surface area (Å²) in [4.78, 5) is 4.03. The summed E-state index contributed by atoms with van der Waals surface area (Å²) >= 11 is 0. The average Bonchev–Trinajstić information content (AvgIpc) is 2.59. The number of terminal acetylenes is 1. The number of rotatable bonds is 5. The molecular weight excluding hydrogens is 238 g/mol. The van der Waals surface area contributed by atoms with Gasteiger partial charge in [-0.05, 0) is 20.8 Å². The molecule has 0 aliphatic heterocycles. The van der Waals surface area contributed by atoms with Gasteiger partial charge in [-0.2, -0.15) is 0 Å². The topological polar surface area (TPSA) is 64.0 Å². The zero-order valence-corrected chi connectivity index (χ0v) is 11.1. The molecule has 0 bridgehead atoms. The Hall–Kier alpha value is -1.32. The van der Waals surface area contributed by atoms with Gasteiger partial charge in [0.1, 0.15) is 5.82 Å². The van der Waals surface area contributed by atoms with Crippen molar-refractivity contribution in [2.24, 2.45) is 0 Å². The highest BCUT2D eigenvalue weighted by Crippen LogP contribution is 2.10. The molecule has 0 spiro atoms. The fraction of sp³-hybridized carbons (Fsp3) is 0.545. The summed E-state index contributed by atoms with van der Waals surface area (Å²) in [6.07, 6.45) is 7.01. The minimum absolute atomic E-state index is 0.0423. The normalized spacial score (nSPS) is 13.3. The molecule has 1 rings (SSSR count). The molecule has 6 heteroatoms. The van der Waals surface area contributed by atoms with Gasteiger partial charge in [0.15, 0.2) is 5.03 Å². The number of aryl methyl sites for hydroxylation is 2. The van der Waals surface area contributed by atoms with Gasteiger partial charge < -0.3 is 4.57 Å². The van der Waals surface area contributed by atoms with E-state index in [1.165, 1.54) is 6.20 Å². The Kier molecular flexibility index (Phi) is 4.32. The molecule has 0 aromatic carbocycles. The van der Waals surface area contributed by atoms with Crippen LogP contribution in [0.3, 0.4) is 0 Å². The molecule has 0 aliphatic carbocycles. The maximum atomic E-state index is 11.9. The van der Waals surface area contributed by atoms with Crippen molar-refractivity contribution in [3.63, 3.8) is 0 Å². The lowest BCUT2D eigenvalue weighted by molar-refractivity contribution is 0.560. The third kappa shape index (κ3) is 3.32. The lowest BCUT2D eigenvalue weighted by Crippen LogP contribution is -2.32. The van der Waals surface area contributed by atoms with E-state index in [9.17, 15) is 8.42 Å². The van der Waals surface area contributed by atoms with Crippen LogP contribution in [-0.2, 0) is 16.6 Å². The molecule has 1 N–H and O–H groups in total. The van der Waals surface area contributed by atoms with Crippen molar-refractivity contribution in [3.05, 3.63) is 12.0 Å². The highest BCUT2D eigenvalue weighted by molar-refractivity contribution is 7.89. The van der Waals surface area contributed by atoms with Crippen LogP contribution < -0.4 is 4.72 Å². The van der Waals surface area contributed by atoms with E-state index in [1.54, 1.807) is 18.4 Å². The van der Waals surface area contributed by atoms with Gasteiger partial charge >= 0.3 is 0 Å². The Labute approximate surface area is 102 Å². The maximum Gasteiger partial charge on any atom is 0.259 e. The highest BCUT2D eigenvalue weighted by atomic mass is 32.2. The Balaban J connectivity index is 2.94. The second-order valence-corrected chi connectivity index (χ2v) is 5.50. The van der Waals surface area contributed by atoms with E-state index in [4.69, 9.17) is 6.42 Å². The summed E-state index contributed by atoms with van der Waals surface area (Å²) in [6.45, 7) is 6.11. The third-order valence-corrected chi connectivity index (χ3v) is 3.81. The molecule has 1 aromatic rings. The summed E-state index contributed by atoms with van der Waals surface area (Å²) < 4.78 is 28.2. The van der Waals surface area contributed by atoms with E-state index in [0.717, 1.165) is 0 Å². The summed E-state index contributed by atoms with van der Waals surface area (Å²) in [5.74, 6) is 3.09. The standard InChI is InChI=1S/C11H17N3O2S/c1-5-7-9(3)13-17(15,16)11-8-14(6-2)10(4)12-11/h1,8-9,13H,6-7H2,2-4H3. The van der Waals surface area contributed by atoms with Crippen LogP contribution in [0.15, 0.2) is 11.2 Å². The first kappa shape index (κ1) is 13.7. The maximum absolute atomic E-state index is 11.9. The number of hydrogen-bond acceptors (Lipinski definition) is 3. The molecule has 0 aliphatic rings. The van der Waals surface area contributed by atoms with E-state index in [0.29, 0.717) is 18.8 Å². The number of hydrogen-bond donors (Lipinski definition) is 1. The molecule has 1 aromatic heterocycles. The van der Waals surface area contributed by atoms with Crippen molar-refractivity contribution < 1.29 is 8.42 Å². The SMILES string of the molecule is C#CCC(C)NS(=O)(=O)c1cn(CC)c(C)n1. The second-order valence-electron chi connectivity index (χ2n) is 3.84. The second kappa shape index (κ2) is 5.34. The zero-order valence-electron chi connectivity index (χ0n) is 10.3. The van der Waals surface area contributed by atoms with Gasteiger partial charge in [0.2, 0.25) is 0 Å². The first-order valence-corrected chi connectivity index (χ1v) is 6.88. The van der Waals surface area contributed by atoms with Gasteiger partial charge in [0.05, 0.1) is 0 Å². The number of nitrogens with zero attached hydrogens (tertiary/aromatic N) is 2. The molecule has 0 amide bonds. The van der Waals surface area contributed by atoms with Gasteiger partial charge in [0.25, 0.3) is 10.0 Å². The largest absolute Gasteiger partial charge is 0.334 e. The van der Waals surface area contributed by atoms with Crippen LogP contribution in [0.2, 0.25) is 0 Å². The first-order chi connectivity index (χ1) is 7.90. The lowest BCUT2D eigenvalue weighted by atomic mass is 10.3. The Morgan fingerprint density at radius 3 is 2.76 bits per heavy atom. The fourth-order valence-corrected chi connectivity index (χ4v) is 2.72. The van der Waals surface area contributed by atoms with Crippen molar-refractivity contribution in [2.75, 3.05) is 0 Å². The molecule has 0 saturated heterocycles. The highest BCUT2D eigenvalue weighted by Gasteiger charge is 2.20. The van der Waals surface area contributed by atoms with Crippen molar-refractivity contribution in [2.45, 2.75) is 44.8 Å². The Morgan fingerprint density at radius 2 is 2.29 bits per heavy atom. The zero-order chi connectivity index (χ0) is 13.1. The lowest BCUT2D eigenvalue weighted by Gasteiger charge is -2.09. The Bertz CT molecular complexity index is 525. The minimum atomic E-state index is -3.57. The van der Waals surface area contributed by atoms with Crippen LogP contribution in [0.1, 0.15) is 26.1 Å². The molecule has 0 saturated carbocycles.